The molecule has 7 heteroatoms. The van der Waals surface area contributed by atoms with Crippen molar-refractivity contribution in [1.82, 2.24) is 4.90 Å². The molecular weight excluding hydrogens is 423 g/mol. The molecule has 1 aliphatic heterocycles. The van der Waals surface area contributed by atoms with Crippen LogP contribution in [0.15, 0.2) is 42.5 Å². The molecule has 5 nitrogen and oxygen atoms in total. The second-order valence-corrected chi connectivity index (χ2v) is 8.71. The van der Waals surface area contributed by atoms with E-state index in [1.54, 1.807) is 47.4 Å². The lowest BCUT2D eigenvalue weighted by atomic mass is 9.88. The first-order chi connectivity index (χ1) is 14.4. The summed E-state index contributed by atoms with van der Waals surface area (Å²) in [5.41, 5.74) is 1.83. The second kappa shape index (κ2) is 8.78. The van der Waals surface area contributed by atoms with Gasteiger partial charge in [0.15, 0.2) is 5.78 Å². The van der Waals surface area contributed by atoms with Crippen molar-refractivity contribution in [1.29, 1.82) is 0 Å². The van der Waals surface area contributed by atoms with Gasteiger partial charge in [-0.1, -0.05) is 23.2 Å². The van der Waals surface area contributed by atoms with Crippen LogP contribution in [0.4, 0.5) is 5.69 Å². The first-order valence-corrected chi connectivity index (χ1v) is 10.9. The highest BCUT2D eigenvalue weighted by atomic mass is 35.5. The Morgan fingerprint density at radius 2 is 1.43 bits per heavy atom. The smallest absolute Gasteiger partial charge is 0.253 e. The molecule has 0 atom stereocenters. The van der Waals surface area contributed by atoms with Gasteiger partial charge < -0.3 is 10.2 Å². The molecule has 30 heavy (non-hydrogen) atoms. The standard InChI is InChI=1S/C23H22Cl2N2O3/c24-19-8-5-17(13-20(19)25)21(28)14-9-11-27(12-10-14)23(30)16-3-6-18(7-4-16)26-22(29)15-1-2-15/h3-8,13-15H,1-2,9-12H2,(H,26,29). The number of anilines is 1. The summed E-state index contributed by atoms with van der Waals surface area (Å²) in [5, 5.41) is 3.66. The predicted molar refractivity (Wildman–Crippen MR) is 117 cm³/mol. The highest BCUT2D eigenvalue weighted by molar-refractivity contribution is 6.42. The Kier molecular flexibility index (Phi) is 6.11. The normalized spacial score (nSPS) is 16.9. The van der Waals surface area contributed by atoms with Gasteiger partial charge in [-0.05, 0) is 68.1 Å². The van der Waals surface area contributed by atoms with Crippen LogP contribution >= 0.6 is 23.2 Å². The van der Waals surface area contributed by atoms with Crippen molar-refractivity contribution in [2.75, 3.05) is 18.4 Å². The molecule has 1 saturated heterocycles. The summed E-state index contributed by atoms with van der Waals surface area (Å²) in [6, 6.07) is 11.9. The van der Waals surface area contributed by atoms with Crippen LogP contribution in [0.3, 0.4) is 0 Å². The Morgan fingerprint density at radius 1 is 0.800 bits per heavy atom. The fraction of sp³-hybridized carbons (Fsp3) is 0.348. The molecule has 0 aromatic heterocycles. The van der Waals surface area contributed by atoms with Gasteiger partial charge in [-0.25, -0.2) is 0 Å². The fourth-order valence-electron chi connectivity index (χ4n) is 3.70. The van der Waals surface area contributed by atoms with E-state index in [9.17, 15) is 14.4 Å². The lowest BCUT2D eigenvalue weighted by molar-refractivity contribution is -0.117. The Morgan fingerprint density at radius 3 is 2.03 bits per heavy atom. The van der Waals surface area contributed by atoms with Crippen molar-refractivity contribution in [2.24, 2.45) is 11.8 Å². The number of piperidine rings is 1. The van der Waals surface area contributed by atoms with Crippen LogP contribution in [0.25, 0.3) is 0 Å². The summed E-state index contributed by atoms with van der Waals surface area (Å²) < 4.78 is 0. The van der Waals surface area contributed by atoms with E-state index in [1.807, 2.05) is 0 Å². The van der Waals surface area contributed by atoms with Crippen LogP contribution in [0.2, 0.25) is 10.0 Å². The van der Waals surface area contributed by atoms with Crippen LogP contribution in [0.5, 0.6) is 0 Å². The minimum atomic E-state index is -0.133. The molecule has 2 fully saturated rings. The monoisotopic (exact) mass is 444 g/mol. The van der Waals surface area contributed by atoms with Gasteiger partial charge in [0.05, 0.1) is 10.0 Å². The van der Waals surface area contributed by atoms with Crippen molar-refractivity contribution in [3.8, 4) is 0 Å². The van der Waals surface area contributed by atoms with Gasteiger partial charge in [-0.3, -0.25) is 14.4 Å². The first kappa shape index (κ1) is 20.9. The molecule has 1 saturated carbocycles. The van der Waals surface area contributed by atoms with Gasteiger partial charge in [0, 0.05) is 41.7 Å². The third kappa shape index (κ3) is 4.68. The Hall–Kier alpha value is -2.37. The molecule has 4 rings (SSSR count). The zero-order valence-corrected chi connectivity index (χ0v) is 17.9. The second-order valence-electron chi connectivity index (χ2n) is 7.90. The molecule has 1 aliphatic carbocycles. The Labute approximate surface area is 185 Å². The van der Waals surface area contributed by atoms with Crippen LogP contribution in [-0.2, 0) is 4.79 Å². The number of carbonyl (C=O) groups excluding carboxylic acids is 3. The molecule has 156 valence electrons. The Balaban J connectivity index is 1.33. The zero-order valence-electron chi connectivity index (χ0n) is 16.4. The average Bonchev–Trinajstić information content (AvgIpc) is 3.61. The third-order valence-electron chi connectivity index (χ3n) is 5.70. The van der Waals surface area contributed by atoms with Crippen molar-refractivity contribution >= 4 is 46.5 Å². The summed E-state index contributed by atoms with van der Waals surface area (Å²) in [5.74, 6) is 0.0280. The van der Waals surface area contributed by atoms with Gasteiger partial charge in [-0.15, -0.1) is 0 Å². The minimum absolute atomic E-state index is 0.0384. The van der Waals surface area contributed by atoms with Crippen LogP contribution in [0.1, 0.15) is 46.4 Å². The molecule has 1 heterocycles. The van der Waals surface area contributed by atoms with Crippen LogP contribution in [0, 0.1) is 11.8 Å². The molecule has 2 aromatic carbocycles. The van der Waals surface area contributed by atoms with E-state index in [1.165, 1.54) is 0 Å². The van der Waals surface area contributed by atoms with Gasteiger partial charge in [-0.2, -0.15) is 0 Å². The molecule has 0 unspecified atom stereocenters. The number of rotatable bonds is 5. The number of halogens is 2. The number of ketones is 1. The van der Waals surface area contributed by atoms with E-state index in [2.05, 4.69) is 5.32 Å². The van der Waals surface area contributed by atoms with E-state index in [0.29, 0.717) is 52.8 Å². The van der Waals surface area contributed by atoms with Gasteiger partial charge in [0.25, 0.3) is 5.91 Å². The number of amides is 2. The average molecular weight is 445 g/mol. The molecule has 2 aliphatic rings. The number of nitrogens with zero attached hydrogens (tertiary/aromatic N) is 1. The molecule has 2 aromatic rings. The van der Waals surface area contributed by atoms with Gasteiger partial charge >= 0.3 is 0 Å². The largest absolute Gasteiger partial charge is 0.339 e. The number of carbonyl (C=O) groups is 3. The maximum Gasteiger partial charge on any atom is 0.253 e. The number of hydrogen-bond donors (Lipinski definition) is 1. The zero-order chi connectivity index (χ0) is 21.3. The highest BCUT2D eigenvalue weighted by Crippen LogP contribution is 2.30. The van der Waals surface area contributed by atoms with E-state index >= 15 is 0 Å². The first-order valence-electron chi connectivity index (χ1n) is 10.1. The lowest BCUT2D eigenvalue weighted by Crippen LogP contribution is -2.40. The Bertz CT molecular complexity index is 978. The van der Waals surface area contributed by atoms with E-state index in [-0.39, 0.29) is 29.4 Å². The summed E-state index contributed by atoms with van der Waals surface area (Å²) in [4.78, 5) is 39.2. The fourth-order valence-corrected chi connectivity index (χ4v) is 4.00. The van der Waals surface area contributed by atoms with Crippen LogP contribution < -0.4 is 5.32 Å². The quantitative estimate of drug-likeness (QED) is 0.653. The molecule has 1 N–H and O–H groups in total. The predicted octanol–water partition coefficient (Wildman–Crippen LogP) is 5.08. The molecule has 0 bridgehead atoms. The number of hydrogen-bond acceptors (Lipinski definition) is 3. The maximum atomic E-state index is 12.8. The number of Topliss-reactive ketones (excluding diaryl/α,β-unsaturated/α-hetero) is 1. The summed E-state index contributed by atoms with van der Waals surface area (Å²) in [6.07, 6.45) is 3.12. The highest BCUT2D eigenvalue weighted by Gasteiger charge is 2.30. The van der Waals surface area contributed by atoms with E-state index in [0.717, 1.165) is 12.8 Å². The third-order valence-corrected chi connectivity index (χ3v) is 6.44. The SMILES string of the molecule is O=C(Nc1ccc(C(=O)N2CCC(C(=O)c3ccc(Cl)c(Cl)c3)CC2)cc1)C1CC1. The summed E-state index contributed by atoms with van der Waals surface area (Å²) >= 11 is 12.0. The lowest BCUT2D eigenvalue weighted by Gasteiger charge is -2.31. The molecular formula is C23H22Cl2N2O3. The molecule has 0 spiro atoms. The van der Waals surface area contributed by atoms with Gasteiger partial charge in [0.2, 0.25) is 5.91 Å². The molecule has 2 amide bonds. The van der Waals surface area contributed by atoms with Crippen LogP contribution in [-0.4, -0.2) is 35.6 Å². The number of likely N-dealkylation sites (tertiary alicyclic amines) is 1. The van der Waals surface area contributed by atoms with Gasteiger partial charge in [0.1, 0.15) is 0 Å². The number of nitrogens with one attached hydrogen (secondary N) is 1. The maximum absolute atomic E-state index is 12.8. The summed E-state index contributed by atoms with van der Waals surface area (Å²) in [6.45, 7) is 1.05. The van der Waals surface area contributed by atoms with Crippen molar-refractivity contribution in [2.45, 2.75) is 25.7 Å². The topological polar surface area (TPSA) is 66.5 Å². The van der Waals surface area contributed by atoms with Crippen molar-refractivity contribution < 1.29 is 14.4 Å². The summed E-state index contributed by atoms with van der Waals surface area (Å²) in [7, 11) is 0. The number of benzene rings is 2. The minimum Gasteiger partial charge on any atom is -0.339 e. The van der Waals surface area contributed by atoms with E-state index < -0.39 is 0 Å². The van der Waals surface area contributed by atoms with Crippen molar-refractivity contribution in [3.05, 3.63) is 63.6 Å². The van der Waals surface area contributed by atoms with E-state index in [4.69, 9.17) is 23.2 Å². The van der Waals surface area contributed by atoms with Crippen molar-refractivity contribution in [3.63, 3.8) is 0 Å². The molecule has 0 radical (unpaired) electrons.